The van der Waals surface area contributed by atoms with Gasteiger partial charge in [0.15, 0.2) is 6.10 Å². The lowest BCUT2D eigenvalue weighted by molar-refractivity contribution is -0.122. The monoisotopic (exact) mass is 466 g/mol. The van der Waals surface area contributed by atoms with E-state index in [0.29, 0.717) is 23.5 Å². The van der Waals surface area contributed by atoms with Crippen LogP contribution in [0.2, 0.25) is 0 Å². The molecule has 35 heavy (non-hydrogen) atoms. The zero-order valence-corrected chi connectivity index (χ0v) is 20.3. The first-order chi connectivity index (χ1) is 17.0. The number of hydrogen-bond acceptors (Lipinski definition) is 3. The molecule has 4 rings (SSSR count). The molecule has 0 spiro atoms. The summed E-state index contributed by atoms with van der Waals surface area (Å²) in [6.07, 6.45) is 0.290. The summed E-state index contributed by atoms with van der Waals surface area (Å²) in [5, 5.41) is 4.99. The Morgan fingerprint density at radius 2 is 1.54 bits per heavy atom. The number of carbonyl (C=O) groups excluding carboxylic acids is 2. The number of ether oxygens (including phenoxy) is 1. The molecule has 178 valence electrons. The molecule has 0 fully saturated rings. The van der Waals surface area contributed by atoms with Crippen molar-refractivity contribution in [2.24, 2.45) is 0 Å². The average molecular weight is 467 g/mol. The van der Waals surface area contributed by atoms with E-state index in [4.69, 9.17) is 4.74 Å². The van der Waals surface area contributed by atoms with Crippen LogP contribution in [-0.4, -0.2) is 24.5 Å². The van der Waals surface area contributed by atoms with Crippen LogP contribution >= 0.6 is 0 Å². The van der Waals surface area contributed by atoms with Gasteiger partial charge in [0, 0.05) is 23.2 Å². The zero-order valence-electron chi connectivity index (χ0n) is 20.3. The number of carbonyl (C=O) groups is 2. The lowest BCUT2D eigenvalue weighted by atomic mass is 10.1. The molecule has 0 bridgehead atoms. The van der Waals surface area contributed by atoms with Gasteiger partial charge >= 0.3 is 0 Å². The van der Waals surface area contributed by atoms with Crippen molar-refractivity contribution in [1.29, 1.82) is 0 Å². The standard InChI is InChI=1S/C30H30N2O3/c1-4-22-13-19-26(20-14-22)35-21(3)29(33)31-25-17-15-24(16-18-25)30(34)32(5-2)28-12-8-10-23-9-6-7-11-27(23)28/h6-21H,4-5H2,1-3H3,(H,31,33). The zero-order chi connectivity index (χ0) is 24.8. The molecule has 1 atom stereocenters. The van der Waals surface area contributed by atoms with Crippen molar-refractivity contribution >= 4 is 34.0 Å². The van der Waals surface area contributed by atoms with Gasteiger partial charge in [0.2, 0.25) is 0 Å². The van der Waals surface area contributed by atoms with Crippen molar-refractivity contribution in [3.05, 3.63) is 102 Å². The molecular weight excluding hydrogens is 436 g/mol. The van der Waals surface area contributed by atoms with E-state index in [9.17, 15) is 9.59 Å². The highest BCUT2D eigenvalue weighted by atomic mass is 16.5. The number of aryl methyl sites for hydroxylation is 1. The molecule has 4 aromatic rings. The number of benzene rings is 4. The average Bonchev–Trinajstić information content (AvgIpc) is 2.90. The first kappa shape index (κ1) is 24.0. The van der Waals surface area contributed by atoms with E-state index in [-0.39, 0.29) is 11.8 Å². The molecule has 0 aliphatic rings. The number of fused-ring (bicyclic) bond motifs is 1. The van der Waals surface area contributed by atoms with Gasteiger partial charge in [-0.2, -0.15) is 0 Å². The Hall–Kier alpha value is -4.12. The second-order valence-electron chi connectivity index (χ2n) is 8.37. The summed E-state index contributed by atoms with van der Waals surface area (Å²) in [4.78, 5) is 27.7. The van der Waals surface area contributed by atoms with Gasteiger partial charge in [-0.1, -0.05) is 55.5 Å². The van der Waals surface area contributed by atoms with E-state index in [2.05, 4.69) is 12.2 Å². The summed E-state index contributed by atoms with van der Waals surface area (Å²) in [6, 6.07) is 28.7. The highest BCUT2D eigenvalue weighted by Crippen LogP contribution is 2.28. The molecule has 0 saturated heterocycles. The van der Waals surface area contributed by atoms with Crippen LogP contribution in [-0.2, 0) is 11.2 Å². The van der Waals surface area contributed by atoms with Crippen molar-refractivity contribution in [2.75, 3.05) is 16.8 Å². The maximum absolute atomic E-state index is 13.3. The molecule has 1 N–H and O–H groups in total. The quantitative estimate of drug-likeness (QED) is 0.324. The van der Waals surface area contributed by atoms with Gasteiger partial charge in [-0.15, -0.1) is 0 Å². The molecule has 2 amide bonds. The van der Waals surface area contributed by atoms with E-state index in [1.165, 1.54) is 5.56 Å². The van der Waals surface area contributed by atoms with Crippen LogP contribution in [0.4, 0.5) is 11.4 Å². The van der Waals surface area contributed by atoms with Gasteiger partial charge in [0.05, 0.1) is 5.69 Å². The molecule has 5 nitrogen and oxygen atoms in total. The number of nitrogens with one attached hydrogen (secondary N) is 1. The van der Waals surface area contributed by atoms with Gasteiger partial charge in [-0.3, -0.25) is 9.59 Å². The first-order valence-electron chi connectivity index (χ1n) is 12.0. The lowest BCUT2D eigenvalue weighted by Gasteiger charge is -2.23. The summed E-state index contributed by atoms with van der Waals surface area (Å²) in [7, 11) is 0. The molecule has 4 aromatic carbocycles. The number of anilines is 2. The normalized spacial score (nSPS) is 11.6. The molecule has 5 heteroatoms. The molecule has 0 heterocycles. The van der Waals surface area contributed by atoms with Gasteiger partial charge in [0.25, 0.3) is 11.8 Å². The fourth-order valence-corrected chi connectivity index (χ4v) is 4.02. The Bertz CT molecular complexity index is 1310. The molecule has 1 unspecified atom stereocenters. The van der Waals surface area contributed by atoms with E-state index < -0.39 is 6.10 Å². The molecule has 0 saturated carbocycles. The summed E-state index contributed by atoms with van der Waals surface area (Å²) in [5.74, 6) is 0.308. The number of rotatable bonds is 8. The van der Waals surface area contributed by atoms with Crippen LogP contribution in [0.15, 0.2) is 91.0 Å². The van der Waals surface area contributed by atoms with E-state index >= 15 is 0 Å². The molecule has 0 aliphatic heterocycles. The number of hydrogen-bond donors (Lipinski definition) is 1. The van der Waals surface area contributed by atoms with E-state index in [0.717, 1.165) is 22.9 Å². The van der Waals surface area contributed by atoms with Crippen LogP contribution in [0.5, 0.6) is 5.75 Å². The van der Waals surface area contributed by atoms with Crippen LogP contribution in [0.25, 0.3) is 10.8 Å². The van der Waals surface area contributed by atoms with Crippen LogP contribution in [0.3, 0.4) is 0 Å². The largest absolute Gasteiger partial charge is 0.481 e. The minimum absolute atomic E-state index is 0.0889. The van der Waals surface area contributed by atoms with Gasteiger partial charge < -0.3 is 15.0 Å². The van der Waals surface area contributed by atoms with Gasteiger partial charge in [0.1, 0.15) is 5.75 Å². The third-order valence-electron chi connectivity index (χ3n) is 6.03. The van der Waals surface area contributed by atoms with Crippen LogP contribution < -0.4 is 15.0 Å². The number of nitrogens with zero attached hydrogens (tertiary/aromatic N) is 1. The smallest absolute Gasteiger partial charge is 0.265 e. The lowest BCUT2D eigenvalue weighted by Crippen LogP contribution is -2.31. The Morgan fingerprint density at radius 3 is 2.23 bits per heavy atom. The minimum atomic E-state index is -0.661. The molecule has 0 aromatic heterocycles. The summed E-state index contributed by atoms with van der Waals surface area (Å²) in [5.41, 5.74) is 3.26. The van der Waals surface area contributed by atoms with Gasteiger partial charge in [-0.05, 0) is 73.7 Å². The maximum Gasteiger partial charge on any atom is 0.265 e. The van der Waals surface area contributed by atoms with Crippen molar-refractivity contribution in [1.82, 2.24) is 0 Å². The fraction of sp³-hybridized carbons (Fsp3) is 0.200. The maximum atomic E-state index is 13.3. The highest BCUT2D eigenvalue weighted by molar-refractivity contribution is 6.11. The fourth-order valence-electron chi connectivity index (χ4n) is 4.02. The van der Waals surface area contributed by atoms with Gasteiger partial charge in [-0.25, -0.2) is 0 Å². The second-order valence-corrected chi connectivity index (χ2v) is 8.37. The van der Waals surface area contributed by atoms with Crippen molar-refractivity contribution < 1.29 is 14.3 Å². The Morgan fingerprint density at radius 1 is 0.857 bits per heavy atom. The van der Waals surface area contributed by atoms with Crippen LogP contribution in [0.1, 0.15) is 36.7 Å². The third-order valence-corrected chi connectivity index (χ3v) is 6.03. The van der Waals surface area contributed by atoms with E-state index in [1.807, 2.05) is 73.7 Å². The predicted octanol–water partition coefficient (Wildman–Crippen LogP) is 6.47. The van der Waals surface area contributed by atoms with Crippen molar-refractivity contribution in [3.8, 4) is 5.75 Å². The van der Waals surface area contributed by atoms with Crippen molar-refractivity contribution in [2.45, 2.75) is 33.3 Å². The predicted molar refractivity (Wildman–Crippen MR) is 142 cm³/mol. The topological polar surface area (TPSA) is 58.6 Å². The van der Waals surface area contributed by atoms with Crippen molar-refractivity contribution in [3.63, 3.8) is 0 Å². The summed E-state index contributed by atoms with van der Waals surface area (Å²) < 4.78 is 5.77. The summed E-state index contributed by atoms with van der Waals surface area (Å²) >= 11 is 0. The molecular formula is C30H30N2O3. The summed E-state index contributed by atoms with van der Waals surface area (Å²) in [6.45, 7) is 6.31. The SMILES string of the molecule is CCc1ccc(OC(C)C(=O)Nc2ccc(C(=O)N(CC)c3cccc4ccccc34)cc2)cc1. The minimum Gasteiger partial charge on any atom is -0.481 e. The molecule has 0 aliphatic carbocycles. The molecule has 0 radical (unpaired) electrons. The Kier molecular flexibility index (Phi) is 7.46. The Labute approximate surface area is 206 Å². The Balaban J connectivity index is 1.43. The second kappa shape index (κ2) is 10.9. The number of amides is 2. The third kappa shape index (κ3) is 5.52. The first-order valence-corrected chi connectivity index (χ1v) is 12.0. The van der Waals surface area contributed by atoms with Crippen LogP contribution in [0, 0.1) is 0 Å². The highest BCUT2D eigenvalue weighted by Gasteiger charge is 2.19. The van der Waals surface area contributed by atoms with E-state index in [1.54, 1.807) is 36.1 Å².